The highest BCUT2D eigenvalue weighted by Crippen LogP contribution is 2.39. The highest BCUT2D eigenvalue weighted by Gasteiger charge is 2.40. The summed E-state index contributed by atoms with van der Waals surface area (Å²) in [6, 6.07) is 18.1. The van der Waals surface area contributed by atoms with E-state index in [4.69, 9.17) is 21.7 Å². The molecular weight excluding hydrogens is 384 g/mol. The van der Waals surface area contributed by atoms with Gasteiger partial charge in [-0.15, -0.1) is 0 Å². The Kier molecular flexibility index (Phi) is 5.78. The van der Waals surface area contributed by atoms with Gasteiger partial charge < -0.3 is 24.3 Å². The summed E-state index contributed by atoms with van der Waals surface area (Å²) in [5.74, 6) is 0.833. The molecule has 150 valence electrons. The summed E-state index contributed by atoms with van der Waals surface area (Å²) in [4.78, 5) is 6.78. The molecule has 29 heavy (non-hydrogen) atoms. The Morgan fingerprint density at radius 3 is 2.59 bits per heavy atom. The molecule has 6 nitrogen and oxygen atoms in total. The molecule has 1 saturated heterocycles. The lowest BCUT2D eigenvalue weighted by Gasteiger charge is -2.28. The summed E-state index contributed by atoms with van der Waals surface area (Å²) in [7, 11) is 3.38. The van der Waals surface area contributed by atoms with Gasteiger partial charge in [-0.3, -0.25) is 4.98 Å². The number of nitrogens with one attached hydrogen (secondary N) is 1. The molecule has 1 aliphatic heterocycles. The van der Waals surface area contributed by atoms with Crippen molar-refractivity contribution < 1.29 is 9.47 Å². The first-order valence-corrected chi connectivity index (χ1v) is 9.92. The van der Waals surface area contributed by atoms with E-state index in [-0.39, 0.29) is 12.1 Å². The Hall–Kier alpha value is -2.90. The first-order valence-electron chi connectivity index (χ1n) is 9.51. The monoisotopic (exact) mass is 408 g/mol. The third-order valence-electron chi connectivity index (χ3n) is 5.17. The minimum Gasteiger partial charge on any atom is -0.497 e. The molecule has 3 aromatic rings. The zero-order valence-corrected chi connectivity index (χ0v) is 17.3. The van der Waals surface area contributed by atoms with Gasteiger partial charge in [0.05, 0.1) is 31.5 Å². The zero-order chi connectivity index (χ0) is 20.2. The quantitative estimate of drug-likeness (QED) is 0.604. The number of pyridine rings is 1. The molecule has 1 fully saturated rings. The Morgan fingerprint density at radius 2 is 1.90 bits per heavy atom. The average molecular weight is 409 g/mol. The van der Waals surface area contributed by atoms with E-state index >= 15 is 0 Å². The normalized spacial score (nSPS) is 18.7. The van der Waals surface area contributed by atoms with Crippen LogP contribution in [0.4, 0.5) is 0 Å². The molecular formula is C22H24N4O2S. The van der Waals surface area contributed by atoms with E-state index in [1.165, 1.54) is 0 Å². The molecule has 0 aliphatic carbocycles. The van der Waals surface area contributed by atoms with Gasteiger partial charge in [0.1, 0.15) is 5.75 Å². The highest BCUT2D eigenvalue weighted by atomic mass is 32.1. The number of hydrogen-bond donors (Lipinski definition) is 1. The van der Waals surface area contributed by atoms with Crippen molar-refractivity contribution in [1.82, 2.24) is 19.8 Å². The van der Waals surface area contributed by atoms with Crippen LogP contribution in [0.2, 0.25) is 0 Å². The SMILES string of the molecule is COCCN1C(=S)NC(c2ccccn2)C1c1cccn1-c1ccc(OC)cc1. The van der Waals surface area contributed by atoms with Gasteiger partial charge in [-0.05, 0) is 60.7 Å². The first-order chi connectivity index (χ1) is 14.2. The second kappa shape index (κ2) is 8.63. The van der Waals surface area contributed by atoms with Crippen LogP contribution in [0.1, 0.15) is 23.5 Å². The summed E-state index contributed by atoms with van der Waals surface area (Å²) < 4.78 is 12.8. The molecule has 0 bridgehead atoms. The molecule has 2 atom stereocenters. The summed E-state index contributed by atoms with van der Waals surface area (Å²) in [6.45, 7) is 1.29. The Labute approximate surface area is 176 Å². The van der Waals surface area contributed by atoms with Crippen molar-refractivity contribution in [1.29, 1.82) is 0 Å². The van der Waals surface area contributed by atoms with Crippen molar-refractivity contribution in [2.24, 2.45) is 0 Å². The average Bonchev–Trinajstić information content (AvgIpc) is 3.37. The van der Waals surface area contributed by atoms with Crippen molar-refractivity contribution in [3.8, 4) is 11.4 Å². The largest absolute Gasteiger partial charge is 0.497 e. The van der Waals surface area contributed by atoms with Crippen LogP contribution in [0.5, 0.6) is 5.75 Å². The Balaban J connectivity index is 1.76. The molecule has 0 spiro atoms. The number of rotatable bonds is 7. The predicted octanol–water partition coefficient (Wildman–Crippen LogP) is 3.50. The number of thiocarbonyl (C=S) groups is 1. The van der Waals surface area contributed by atoms with Crippen molar-refractivity contribution in [2.45, 2.75) is 12.1 Å². The standard InChI is InChI=1S/C22H24N4O2S/c1-27-15-14-26-21(20(24-22(26)29)18-6-3-4-12-23-18)19-7-5-13-25(19)16-8-10-17(28-2)11-9-16/h3-13,20-21H,14-15H2,1-2H3,(H,24,29). The Morgan fingerprint density at radius 1 is 1.07 bits per heavy atom. The third kappa shape index (κ3) is 3.83. The Bertz CT molecular complexity index is 958. The number of methoxy groups -OCH3 is 2. The molecule has 0 amide bonds. The molecule has 2 aromatic heterocycles. The van der Waals surface area contributed by atoms with Gasteiger partial charge in [0, 0.05) is 37.4 Å². The molecule has 1 aromatic carbocycles. The summed E-state index contributed by atoms with van der Waals surface area (Å²) in [5, 5.41) is 4.18. The van der Waals surface area contributed by atoms with Crippen LogP contribution < -0.4 is 10.1 Å². The number of ether oxygens (including phenoxy) is 2. The highest BCUT2D eigenvalue weighted by molar-refractivity contribution is 7.80. The fraction of sp³-hybridized carbons (Fsp3) is 0.273. The van der Waals surface area contributed by atoms with Crippen LogP contribution in [-0.4, -0.2) is 46.9 Å². The van der Waals surface area contributed by atoms with E-state index in [1.807, 2.05) is 36.5 Å². The van der Waals surface area contributed by atoms with E-state index in [1.54, 1.807) is 14.2 Å². The number of hydrogen-bond acceptors (Lipinski definition) is 4. The summed E-state index contributed by atoms with van der Waals surface area (Å²) in [6.07, 6.45) is 3.89. The molecule has 0 radical (unpaired) electrons. The van der Waals surface area contributed by atoms with Crippen molar-refractivity contribution in [2.75, 3.05) is 27.4 Å². The minimum absolute atomic E-state index is 0.00958. The second-order valence-electron chi connectivity index (χ2n) is 6.81. The molecule has 7 heteroatoms. The molecule has 4 rings (SSSR count). The number of aromatic nitrogens is 2. The van der Waals surface area contributed by atoms with Crippen molar-refractivity contribution in [3.05, 3.63) is 78.4 Å². The van der Waals surface area contributed by atoms with Crippen molar-refractivity contribution in [3.63, 3.8) is 0 Å². The zero-order valence-electron chi connectivity index (χ0n) is 16.5. The van der Waals surface area contributed by atoms with Crippen molar-refractivity contribution >= 4 is 17.3 Å². The van der Waals surface area contributed by atoms with Gasteiger partial charge in [-0.25, -0.2) is 0 Å². The minimum atomic E-state index is -0.0487. The van der Waals surface area contributed by atoms with Gasteiger partial charge in [-0.1, -0.05) is 6.07 Å². The molecule has 3 heterocycles. The van der Waals surface area contributed by atoms with E-state index in [2.05, 4.69) is 50.2 Å². The third-order valence-corrected chi connectivity index (χ3v) is 5.52. The summed E-state index contributed by atoms with van der Waals surface area (Å²) >= 11 is 5.68. The van der Waals surface area contributed by atoms with E-state index in [0.29, 0.717) is 18.3 Å². The van der Waals surface area contributed by atoms with Gasteiger partial charge in [0.15, 0.2) is 5.11 Å². The number of nitrogens with zero attached hydrogens (tertiary/aromatic N) is 3. The molecule has 0 saturated carbocycles. The van der Waals surface area contributed by atoms with E-state index in [0.717, 1.165) is 22.8 Å². The van der Waals surface area contributed by atoms with Crippen LogP contribution in [-0.2, 0) is 4.74 Å². The van der Waals surface area contributed by atoms with Crippen LogP contribution >= 0.6 is 12.2 Å². The van der Waals surface area contributed by atoms with Gasteiger partial charge in [0.25, 0.3) is 0 Å². The molecule has 1 N–H and O–H groups in total. The fourth-order valence-electron chi connectivity index (χ4n) is 3.77. The smallest absolute Gasteiger partial charge is 0.170 e. The maximum absolute atomic E-state index is 5.68. The van der Waals surface area contributed by atoms with Crippen LogP contribution in [0.3, 0.4) is 0 Å². The lowest BCUT2D eigenvalue weighted by atomic mass is 10.0. The van der Waals surface area contributed by atoms with Gasteiger partial charge in [0.2, 0.25) is 0 Å². The van der Waals surface area contributed by atoms with E-state index in [9.17, 15) is 0 Å². The van der Waals surface area contributed by atoms with Crippen LogP contribution in [0, 0.1) is 0 Å². The van der Waals surface area contributed by atoms with Crippen LogP contribution in [0.15, 0.2) is 67.0 Å². The van der Waals surface area contributed by atoms with E-state index < -0.39 is 0 Å². The summed E-state index contributed by atoms with van der Waals surface area (Å²) in [5.41, 5.74) is 3.16. The molecule has 1 aliphatic rings. The second-order valence-corrected chi connectivity index (χ2v) is 7.20. The first kappa shape index (κ1) is 19.4. The van der Waals surface area contributed by atoms with Gasteiger partial charge >= 0.3 is 0 Å². The lowest BCUT2D eigenvalue weighted by molar-refractivity contribution is 0.163. The lowest BCUT2D eigenvalue weighted by Crippen LogP contribution is -2.33. The van der Waals surface area contributed by atoms with Crippen LogP contribution in [0.25, 0.3) is 5.69 Å². The molecule has 2 unspecified atom stereocenters. The topological polar surface area (TPSA) is 51.5 Å². The predicted molar refractivity (Wildman–Crippen MR) is 116 cm³/mol. The van der Waals surface area contributed by atoms with Gasteiger partial charge in [-0.2, -0.15) is 0 Å². The maximum Gasteiger partial charge on any atom is 0.170 e. The maximum atomic E-state index is 5.68. The number of benzene rings is 1. The fourth-order valence-corrected chi connectivity index (χ4v) is 4.10.